The molecular weight excluding hydrogens is 300 g/mol. The Morgan fingerprint density at radius 1 is 1.18 bits per heavy atom. The second-order valence-electron chi connectivity index (χ2n) is 4.71. The number of aromatic nitrogens is 1. The van der Waals surface area contributed by atoms with Gasteiger partial charge in [-0.2, -0.15) is 0 Å². The zero-order valence-corrected chi connectivity index (χ0v) is 12.5. The number of anilines is 2. The molecule has 2 aromatic carbocycles. The maximum Gasteiger partial charge on any atom is 0.325 e. The highest BCUT2D eigenvalue weighted by molar-refractivity contribution is 7.22. The third-order valence-electron chi connectivity index (χ3n) is 2.97. The molecule has 0 fully saturated rings. The Kier molecular flexibility index (Phi) is 3.80. The summed E-state index contributed by atoms with van der Waals surface area (Å²) in [5.41, 5.74) is 2.74. The van der Waals surface area contributed by atoms with Crippen molar-refractivity contribution in [3.05, 3.63) is 52.9 Å². The Balaban J connectivity index is 1.73. The quantitative estimate of drug-likeness (QED) is 0.691. The number of hydrogen-bond donors (Lipinski definition) is 2. The van der Waals surface area contributed by atoms with Crippen LogP contribution in [0.1, 0.15) is 5.56 Å². The molecule has 0 aliphatic rings. The minimum Gasteiger partial charge on any atom is -0.308 e. The van der Waals surface area contributed by atoms with Crippen LogP contribution < -0.4 is 10.6 Å². The van der Waals surface area contributed by atoms with Crippen molar-refractivity contribution in [2.45, 2.75) is 6.92 Å². The lowest BCUT2D eigenvalue weighted by Crippen LogP contribution is -2.19. The van der Waals surface area contributed by atoms with Crippen LogP contribution in [-0.2, 0) is 0 Å². The van der Waals surface area contributed by atoms with Gasteiger partial charge in [-0.15, -0.1) is 4.91 Å². The molecule has 0 saturated carbocycles. The smallest absolute Gasteiger partial charge is 0.308 e. The summed E-state index contributed by atoms with van der Waals surface area (Å²) >= 11 is 1.41. The van der Waals surface area contributed by atoms with Gasteiger partial charge in [0.05, 0.1) is 10.2 Å². The summed E-state index contributed by atoms with van der Waals surface area (Å²) in [6.45, 7) is 2.01. The molecule has 0 bridgehead atoms. The molecule has 2 amide bonds. The van der Waals surface area contributed by atoms with Crippen LogP contribution in [0.25, 0.3) is 10.2 Å². The van der Waals surface area contributed by atoms with Crippen LogP contribution in [0.15, 0.2) is 47.6 Å². The van der Waals surface area contributed by atoms with Crippen molar-refractivity contribution in [2.24, 2.45) is 5.18 Å². The van der Waals surface area contributed by atoms with Crippen LogP contribution in [0.2, 0.25) is 0 Å². The van der Waals surface area contributed by atoms with Gasteiger partial charge in [0.25, 0.3) is 0 Å². The van der Waals surface area contributed by atoms with Crippen LogP contribution in [0.3, 0.4) is 0 Å². The van der Waals surface area contributed by atoms with E-state index in [1.54, 1.807) is 18.2 Å². The lowest BCUT2D eigenvalue weighted by atomic mass is 10.2. The zero-order valence-electron chi connectivity index (χ0n) is 11.7. The SMILES string of the molecule is Cc1ccc2nc(NC(=O)Nc3cccc(N=O)c3)sc2c1. The summed E-state index contributed by atoms with van der Waals surface area (Å²) in [7, 11) is 0. The van der Waals surface area contributed by atoms with Crippen molar-refractivity contribution in [1.29, 1.82) is 0 Å². The number of nitroso groups, excluding NO2 is 1. The molecule has 0 aliphatic heterocycles. The predicted octanol–water partition coefficient (Wildman–Crippen LogP) is 4.65. The lowest BCUT2D eigenvalue weighted by molar-refractivity contribution is 0.262. The highest BCUT2D eigenvalue weighted by Crippen LogP contribution is 2.26. The molecule has 3 aromatic rings. The number of carbonyl (C=O) groups excluding carboxylic acids is 1. The van der Waals surface area contributed by atoms with Crippen molar-refractivity contribution in [1.82, 2.24) is 4.98 Å². The monoisotopic (exact) mass is 312 g/mol. The Bertz CT molecular complexity index is 860. The highest BCUT2D eigenvalue weighted by Gasteiger charge is 2.08. The zero-order chi connectivity index (χ0) is 15.5. The van der Waals surface area contributed by atoms with Gasteiger partial charge < -0.3 is 5.32 Å². The van der Waals surface area contributed by atoms with Gasteiger partial charge in [-0.1, -0.05) is 23.5 Å². The third-order valence-corrected chi connectivity index (χ3v) is 3.91. The van der Waals surface area contributed by atoms with Gasteiger partial charge in [0.15, 0.2) is 5.13 Å². The summed E-state index contributed by atoms with van der Waals surface area (Å²) in [6, 6.07) is 11.9. The maximum absolute atomic E-state index is 12.0. The van der Waals surface area contributed by atoms with E-state index in [0.717, 1.165) is 15.8 Å². The normalized spacial score (nSPS) is 10.4. The van der Waals surface area contributed by atoms with E-state index in [2.05, 4.69) is 20.8 Å². The van der Waals surface area contributed by atoms with E-state index >= 15 is 0 Å². The fourth-order valence-corrected chi connectivity index (χ4v) is 2.94. The molecule has 110 valence electrons. The van der Waals surface area contributed by atoms with Crippen molar-refractivity contribution in [3.8, 4) is 0 Å². The fraction of sp³-hybridized carbons (Fsp3) is 0.0667. The first kappa shape index (κ1) is 14.2. The molecular formula is C15H12N4O2S. The van der Waals surface area contributed by atoms with Crippen molar-refractivity contribution >= 4 is 44.1 Å². The molecule has 0 aliphatic carbocycles. The second kappa shape index (κ2) is 5.90. The van der Waals surface area contributed by atoms with Gasteiger partial charge in [0.2, 0.25) is 0 Å². The first-order chi connectivity index (χ1) is 10.6. The molecule has 22 heavy (non-hydrogen) atoms. The summed E-state index contributed by atoms with van der Waals surface area (Å²) in [5, 5.41) is 8.67. The first-order valence-corrected chi connectivity index (χ1v) is 7.34. The number of aryl methyl sites for hydroxylation is 1. The standard InChI is InChI=1S/C15H12N4O2S/c1-9-5-6-12-13(7-9)22-15(17-12)18-14(20)16-10-3-2-4-11(8-10)19-21/h2-8H,1H3,(H2,16,17,18,20). The lowest BCUT2D eigenvalue weighted by Gasteiger charge is -2.05. The van der Waals surface area contributed by atoms with E-state index in [-0.39, 0.29) is 5.69 Å². The van der Waals surface area contributed by atoms with Crippen LogP contribution >= 0.6 is 11.3 Å². The topological polar surface area (TPSA) is 83.4 Å². The number of nitrogens with one attached hydrogen (secondary N) is 2. The molecule has 1 aromatic heterocycles. The average molecular weight is 312 g/mol. The summed E-state index contributed by atoms with van der Waals surface area (Å²) < 4.78 is 1.02. The molecule has 6 nitrogen and oxygen atoms in total. The molecule has 0 unspecified atom stereocenters. The number of rotatable bonds is 3. The Morgan fingerprint density at radius 2 is 2.05 bits per heavy atom. The second-order valence-corrected chi connectivity index (χ2v) is 5.74. The van der Waals surface area contributed by atoms with Gasteiger partial charge in [-0.25, -0.2) is 9.78 Å². The van der Waals surface area contributed by atoms with Crippen LogP contribution in [0.5, 0.6) is 0 Å². The van der Waals surface area contributed by atoms with E-state index in [4.69, 9.17) is 0 Å². The Labute approximate surface area is 130 Å². The summed E-state index contributed by atoms with van der Waals surface area (Å²) in [5.74, 6) is 0. The largest absolute Gasteiger partial charge is 0.325 e. The number of amides is 2. The Morgan fingerprint density at radius 3 is 2.86 bits per heavy atom. The van der Waals surface area contributed by atoms with Crippen molar-refractivity contribution in [3.63, 3.8) is 0 Å². The Hall–Kier alpha value is -2.80. The van der Waals surface area contributed by atoms with E-state index in [0.29, 0.717) is 10.8 Å². The molecule has 1 heterocycles. The first-order valence-electron chi connectivity index (χ1n) is 6.53. The van der Waals surface area contributed by atoms with Gasteiger partial charge in [-0.05, 0) is 48.0 Å². The van der Waals surface area contributed by atoms with Crippen molar-refractivity contribution < 1.29 is 4.79 Å². The van der Waals surface area contributed by atoms with Crippen LogP contribution in [0, 0.1) is 11.8 Å². The average Bonchev–Trinajstić information content (AvgIpc) is 2.88. The van der Waals surface area contributed by atoms with Crippen LogP contribution in [0.4, 0.5) is 21.3 Å². The number of urea groups is 1. The van der Waals surface area contributed by atoms with E-state index < -0.39 is 6.03 Å². The fourth-order valence-electron chi connectivity index (χ4n) is 1.99. The number of hydrogen-bond acceptors (Lipinski definition) is 5. The van der Waals surface area contributed by atoms with Gasteiger partial charge in [0.1, 0.15) is 5.69 Å². The summed E-state index contributed by atoms with van der Waals surface area (Å²) in [6.07, 6.45) is 0. The van der Waals surface area contributed by atoms with Gasteiger partial charge in [-0.3, -0.25) is 5.32 Å². The maximum atomic E-state index is 12.0. The minimum atomic E-state index is -0.418. The molecule has 7 heteroatoms. The van der Waals surface area contributed by atoms with E-state index in [9.17, 15) is 9.70 Å². The van der Waals surface area contributed by atoms with E-state index in [1.807, 2.05) is 25.1 Å². The number of nitrogens with zero attached hydrogens (tertiary/aromatic N) is 2. The molecule has 3 rings (SSSR count). The van der Waals surface area contributed by atoms with Crippen molar-refractivity contribution in [2.75, 3.05) is 10.6 Å². The van der Waals surface area contributed by atoms with Crippen LogP contribution in [-0.4, -0.2) is 11.0 Å². The number of fused-ring (bicyclic) bond motifs is 1. The number of thiazole rings is 1. The van der Waals surface area contributed by atoms with E-state index in [1.165, 1.54) is 17.4 Å². The predicted molar refractivity (Wildman–Crippen MR) is 88.9 cm³/mol. The molecule has 0 radical (unpaired) electrons. The third kappa shape index (κ3) is 3.09. The molecule has 0 saturated heterocycles. The molecule has 0 spiro atoms. The molecule has 0 atom stereocenters. The number of benzene rings is 2. The van der Waals surface area contributed by atoms with Gasteiger partial charge >= 0.3 is 6.03 Å². The van der Waals surface area contributed by atoms with Gasteiger partial charge in [0, 0.05) is 5.69 Å². The summed E-state index contributed by atoms with van der Waals surface area (Å²) in [4.78, 5) is 26.8. The molecule has 2 N–H and O–H groups in total. The highest BCUT2D eigenvalue weighted by atomic mass is 32.1. The number of carbonyl (C=O) groups is 1. The minimum absolute atomic E-state index is 0.258.